The highest BCUT2D eigenvalue weighted by molar-refractivity contribution is 9.10. The van der Waals surface area contributed by atoms with Gasteiger partial charge in [-0.1, -0.05) is 27.5 Å². The Balaban J connectivity index is 2.17. The SMILES string of the molecule is Cc1c(Br)ccc2c1C(=Cc1ccc(Cl)s1)C(=O)N2. The predicted octanol–water partition coefficient (Wildman–Crippen LogP) is 4.97. The Kier molecular flexibility index (Phi) is 3.25. The number of carbonyl (C=O) groups excluding carboxylic acids is 1. The molecule has 0 bridgehead atoms. The summed E-state index contributed by atoms with van der Waals surface area (Å²) in [6.45, 7) is 2.00. The number of anilines is 1. The van der Waals surface area contributed by atoms with E-state index < -0.39 is 0 Å². The van der Waals surface area contributed by atoms with Gasteiger partial charge in [0.05, 0.1) is 9.91 Å². The third kappa shape index (κ3) is 2.24. The highest BCUT2D eigenvalue weighted by Gasteiger charge is 2.26. The molecule has 0 saturated heterocycles. The fourth-order valence-corrected chi connectivity index (χ4v) is 3.46. The van der Waals surface area contributed by atoms with Gasteiger partial charge in [0, 0.05) is 20.6 Å². The maximum atomic E-state index is 12.1. The zero-order valence-corrected chi connectivity index (χ0v) is 13.1. The lowest BCUT2D eigenvalue weighted by atomic mass is 10.0. The van der Waals surface area contributed by atoms with Crippen LogP contribution in [0.5, 0.6) is 0 Å². The minimum atomic E-state index is -0.0688. The van der Waals surface area contributed by atoms with Gasteiger partial charge in [-0.05, 0) is 42.8 Å². The van der Waals surface area contributed by atoms with Crippen molar-refractivity contribution >= 4 is 62.1 Å². The van der Waals surface area contributed by atoms with Crippen molar-refractivity contribution in [2.24, 2.45) is 0 Å². The zero-order valence-electron chi connectivity index (χ0n) is 9.96. The number of amides is 1. The van der Waals surface area contributed by atoms with Crippen LogP contribution in [0.15, 0.2) is 28.7 Å². The van der Waals surface area contributed by atoms with E-state index >= 15 is 0 Å². The molecule has 1 N–H and O–H groups in total. The van der Waals surface area contributed by atoms with Crippen LogP contribution in [-0.2, 0) is 4.79 Å². The summed E-state index contributed by atoms with van der Waals surface area (Å²) in [5.41, 5.74) is 3.57. The number of thiophene rings is 1. The summed E-state index contributed by atoms with van der Waals surface area (Å²) in [6, 6.07) is 7.60. The van der Waals surface area contributed by atoms with Gasteiger partial charge in [-0.2, -0.15) is 0 Å². The number of hydrogen-bond acceptors (Lipinski definition) is 2. The molecule has 19 heavy (non-hydrogen) atoms. The van der Waals surface area contributed by atoms with Crippen molar-refractivity contribution in [1.29, 1.82) is 0 Å². The van der Waals surface area contributed by atoms with E-state index in [0.29, 0.717) is 5.57 Å². The summed E-state index contributed by atoms with van der Waals surface area (Å²) in [6.07, 6.45) is 1.89. The van der Waals surface area contributed by atoms with Gasteiger partial charge in [-0.3, -0.25) is 4.79 Å². The fraction of sp³-hybridized carbons (Fsp3) is 0.0714. The first-order valence-corrected chi connectivity index (χ1v) is 7.63. The number of carbonyl (C=O) groups is 1. The molecule has 0 radical (unpaired) electrons. The standard InChI is InChI=1S/C14H9BrClNOS/c1-7-10(15)3-4-11-13(7)9(14(18)17-11)6-8-2-5-12(16)19-8/h2-6H,1H3,(H,17,18). The van der Waals surface area contributed by atoms with Crippen molar-refractivity contribution < 1.29 is 4.79 Å². The van der Waals surface area contributed by atoms with E-state index in [1.54, 1.807) is 0 Å². The van der Waals surface area contributed by atoms with Crippen LogP contribution in [0.2, 0.25) is 4.34 Å². The van der Waals surface area contributed by atoms with Crippen molar-refractivity contribution in [3.63, 3.8) is 0 Å². The number of fused-ring (bicyclic) bond motifs is 1. The molecular weight excluding hydrogens is 346 g/mol. The second kappa shape index (κ2) is 4.78. The Hall–Kier alpha value is -1.10. The number of halogens is 2. The molecule has 2 heterocycles. The van der Waals surface area contributed by atoms with Crippen LogP contribution < -0.4 is 5.32 Å². The molecule has 0 unspecified atom stereocenters. The third-order valence-corrected chi connectivity index (χ3v) is 5.08. The minimum Gasteiger partial charge on any atom is -0.321 e. The fourth-order valence-electron chi connectivity index (χ4n) is 2.13. The van der Waals surface area contributed by atoms with Crippen LogP contribution >= 0.6 is 38.9 Å². The summed E-state index contributed by atoms with van der Waals surface area (Å²) < 4.78 is 1.72. The number of hydrogen-bond donors (Lipinski definition) is 1. The van der Waals surface area contributed by atoms with E-state index in [1.165, 1.54) is 11.3 Å². The smallest absolute Gasteiger partial charge is 0.256 e. The van der Waals surface area contributed by atoms with Crippen LogP contribution in [0.3, 0.4) is 0 Å². The van der Waals surface area contributed by atoms with Crippen LogP contribution in [0.4, 0.5) is 5.69 Å². The van der Waals surface area contributed by atoms with Gasteiger partial charge < -0.3 is 5.32 Å². The summed E-state index contributed by atoms with van der Waals surface area (Å²) in [7, 11) is 0. The quantitative estimate of drug-likeness (QED) is 0.720. The number of rotatable bonds is 1. The highest BCUT2D eigenvalue weighted by atomic mass is 79.9. The monoisotopic (exact) mass is 353 g/mol. The Morgan fingerprint density at radius 1 is 1.32 bits per heavy atom. The average molecular weight is 355 g/mol. The lowest BCUT2D eigenvalue weighted by Gasteiger charge is -2.05. The third-order valence-electron chi connectivity index (χ3n) is 3.04. The lowest BCUT2D eigenvalue weighted by molar-refractivity contribution is -0.110. The van der Waals surface area contributed by atoms with Gasteiger partial charge in [0.15, 0.2) is 0 Å². The van der Waals surface area contributed by atoms with Crippen LogP contribution in [0.25, 0.3) is 11.6 Å². The molecular formula is C14H9BrClNOS. The Morgan fingerprint density at radius 3 is 2.79 bits per heavy atom. The molecule has 2 nitrogen and oxygen atoms in total. The largest absolute Gasteiger partial charge is 0.321 e. The molecule has 1 aromatic heterocycles. The molecule has 0 spiro atoms. The van der Waals surface area contributed by atoms with Crippen LogP contribution in [-0.4, -0.2) is 5.91 Å². The van der Waals surface area contributed by atoms with E-state index in [4.69, 9.17) is 11.6 Å². The summed E-state index contributed by atoms with van der Waals surface area (Å²) in [5, 5.41) is 2.89. The molecule has 2 aromatic rings. The van der Waals surface area contributed by atoms with E-state index in [-0.39, 0.29) is 5.91 Å². The molecule has 0 fully saturated rings. The molecule has 5 heteroatoms. The maximum absolute atomic E-state index is 12.1. The number of benzene rings is 1. The van der Waals surface area contributed by atoms with Crippen molar-refractivity contribution in [2.45, 2.75) is 6.92 Å². The van der Waals surface area contributed by atoms with Crippen molar-refractivity contribution in [3.05, 3.63) is 49.1 Å². The normalized spacial score (nSPS) is 15.7. The summed E-state index contributed by atoms with van der Waals surface area (Å²) >= 11 is 10.9. The summed E-state index contributed by atoms with van der Waals surface area (Å²) in [4.78, 5) is 13.1. The molecule has 1 aliphatic rings. The molecule has 0 aliphatic carbocycles. The van der Waals surface area contributed by atoms with Gasteiger partial charge in [-0.25, -0.2) is 0 Å². The molecule has 96 valence electrons. The van der Waals surface area contributed by atoms with E-state index in [1.807, 2.05) is 37.3 Å². The second-order valence-corrected chi connectivity index (χ2v) is 6.85. The Labute approximate surface area is 128 Å². The van der Waals surface area contributed by atoms with Gasteiger partial charge in [0.1, 0.15) is 0 Å². The van der Waals surface area contributed by atoms with E-state index in [0.717, 1.165) is 30.5 Å². The topological polar surface area (TPSA) is 29.1 Å². The van der Waals surface area contributed by atoms with Crippen molar-refractivity contribution in [3.8, 4) is 0 Å². The summed E-state index contributed by atoms with van der Waals surface area (Å²) in [5.74, 6) is -0.0688. The predicted molar refractivity (Wildman–Crippen MR) is 84.7 cm³/mol. The first-order chi connectivity index (χ1) is 9.06. The van der Waals surface area contributed by atoms with Crippen molar-refractivity contribution in [1.82, 2.24) is 0 Å². The first-order valence-electron chi connectivity index (χ1n) is 5.64. The van der Waals surface area contributed by atoms with E-state index in [2.05, 4.69) is 21.2 Å². The zero-order chi connectivity index (χ0) is 13.6. The lowest BCUT2D eigenvalue weighted by Crippen LogP contribution is -2.03. The molecule has 0 atom stereocenters. The van der Waals surface area contributed by atoms with Gasteiger partial charge >= 0.3 is 0 Å². The van der Waals surface area contributed by atoms with Gasteiger partial charge in [0.2, 0.25) is 0 Å². The van der Waals surface area contributed by atoms with Gasteiger partial charge in [0.25, 0.3) is 5.91 Å². The highest BCUT2D eigenvalue weighted by Crippen LogP contribution is 2.39. The number of nitrogens with one attached hydrogen (secondary N) is 1. The molecule has 1 aliphatic heterocycles. The average Bonchev–Trinajstić information content (AvgIpc) is 2.90. The van der Waals surface area contributed by atoms with Crippen LogP contribution in [0.1, 0.15) is 16.0 Å². The Morgan fingerprint density at radius 2 is 2.11 bits per heavy atom. The maximum Gasteiger partial charge on any atom is 0.256 e. The Bertz CT molecular complexity index is 720. The molecule has 1 amide bonds. The van der Waals surface area contributed by atoms with Crippen LogP contribution in [0, 0.1) is 6.92 Å². The first kappa shape index (κ1) is 12.9. The van der Waals surface area contributed by atoms with Gasteiger partial charge in [-0.15, -0.1) is 11.3 Å². The second-order valence-electron chi connectivity index (χ2n) is 4.25. The molecule has 3 rings (SSSR count). The molecule has 0 saturated carbocycles. The minimum absolute atomic E-state index is 0.0688. The molecule has 1 aromatic carbocycles. The van der Waals surface area contributed by atoms with Crippen molar-refractivity contribution in [2.75, 3.05) is 5.32 Å². The van der Waals surface area contributed by atoms with E-state index in [9.17, 15) is 4.79 Å².